The van der Waals surface area contributed by atoms with Gasteiger partial charge in [-0.2, -0.15) is 0 Å². The molecule has 18 heavy (non-hydrogen) atoms. The van der Waals surface area contributed by atoms with Gasteiger partial charge in [0.2, 0.25) is 0 Å². The van der Waals surface area contributed by atoms with Crippen molar-refractivity contribution in [2.75, 3.05) is 13.2 Å². The van der Waals surface area contributed by atoms with Crippen molar-refractivity contribution in [2.24, 2.45) is 11.1 Å². The minimum Gasteiger partial charge on any atom is -0.494 e. The molecule has 0 unspecified atom stereocenters. The van der Waals surface area contributed by atoms with E-state index in [1.165, 1.54) is 0 Å². The van der Waals surface area contributed by atoms with Crippen molar-refractivity contribution in [3.63, 3.8) is 0 Å². The molecule has 0 amide bonds. The predicted molar refractivity (Wildman–Crippen MR) is 74.0 cm³/mol. The summed E-state index contributed by atoms with van der Waals surface area (Å²) in [6.45, 7) is 6.99. The highest BCUT2D eigenvalue weighted by atomic mass is 16.5. The number of carbonyl (C=O) groups excluding carboxylic acids is 1. The Morgan fingerprint density at radius 3 is 2.11 bits per heavy atom. The van der Waals surface area contributed by atoms with Crippen LogP contribution in [-0.4, -0.2) is 18.9 Å². The van der Waals surface area contributed by atoms with Crippen LogP contribution < -0.4 is 10.5 Å². The van der Waals surface area contributed by atoms with Gasteiger partial charge in [-0.05, 0) is 44.0 Å². The van der Waals surface area contributed by atoms with Crippen molar-refractivity contribution in [1.29, 1.82) is 0 Å². The summed E-state index contributed by atoms with van der Waals surface area (Å²) in [5, 5.41) is 0. The van der Waals surface area contributed by atoms with Crippen LogP contribution in [-0.2, 0) is 0 Å². The largest absolute Gasteiger partial charge is 0.494 e. The molecule has 0 atom stereocenters. The third-order valence-electron chi connectivity index (χ3n) is 3.65. The maximum atomic E-state index is 12.5. The van der Waals surface area contributed by atoms with E-state index in [4.69, 9.17) is 10.5 Å². The summed E-state index contributed by atoms with van der Waals surface area (Å²) in [6, 6.07) is 7.32. The number of ketones is 1. The van der Waals surface area contributed by atoms with Crippen LogP contribution in [0.2, 0.25) is 0 Å². The molecule has 0 saturated carbocycles. The molecule has 1 aromatic rings. The van der Waals surface area contributed by atoms with Gasteiger partial charge in [0.15, 0.2) is 5.78 Å². The molecule has 100 valence electrons. The van der Waals surface area contributed by atoms with E-state index in [1.807, 2.05) is 45.0 Å². The van der Waals surface area contributed by atoms with Crippen LogP contribution in [0.4, 0.5) is 0 Å². The maximum absolute atomic E-state index is 12.5. The minimum atomic E-state index is -0.423. The molecule has 0 aliphatic rings. The standard InChI is InChI=1S/C15H23NO2/c1-4-15(5-2,11-16)14(17)12-7-9-13(10-8-12)18-6-3/h7-10H,4-6,11,16H2,1-3H3. The third kappa shape index (κ3) is 2.91. The number of Topliss-reactive ketones (excluding diaryl/α,β-unsaturated/α-hetero) is 1. The van der Waals surface area contributed by atoms with Gasteiger partial charge >= 0.3 is 0 Å². The summed E-state index contributed by atoms with van der Waals surface area (Å²) in [6.07, 6.45) is 1.54. The molecule has 0 aromatic heterocycles. The molecule has 2 N–H and O–H groups in total. The molecule has 3 nitrogen and oxygen atoms in total. The summed E-state index contributed by atoms with van der Waals surface area (Å²) < 4.78 is 5.37. The first-order chi connectivity index (χ1) is 8.63. The smallest absolute Gasteiger partial charge is 0.170 e. The lowest BCUT2D eigenvalue weighted by Crippen LogP contribution is -2.37. The van der Waals surface area contributed by atoms with Crippen molar-refractivity contribution in [1.82, 2.24) is 0 Å². The number of rotatable bonds is 7. The molecular formula is C15H23NO2. The van der Waals surface area contributed by atoms with Gasteiger partial charge in [-0.1, -0.05) is 13.8 Å². The van der Waals surface area contributed by atoms with Crippen LogP contribution in [0.3, 0.4) is 0 Å². The lowest BCUT2D eigenvalue weighted by molar-refractivity contribution is 0.0787. The Kier molecular flexibility index (Phi) is 5.35. The van der Waals surface area contributed by atoms with E-state index in [-0.39, 0.29) is 5.78 Å². The molecule has 1 rings (SSSR count). The topological polar surface area (TPSA) is 52.3 Å². The molecule has 0 aliphatic carbocycles. The monoisotopic (exact) mass is 249 g/mol. The first-order valence-corrected chi connectivity index (χ1v) is 6.61. The van der Waals surface area contributed by atoms with E-state index in [9.17, 15) is 4.79 Å². The van der Waals surface area contributed by atoms with Crippen molar-refractivity contribution in [2.45, 2.75) is 33.6 Å². The summed E-state index contributed by atoms with van der Waals surface area (Å²) in [7, 11) is 0. The van der Waals surface area contributed by atoms with Gasteiger partial charge in [-0.3, -0.25) is 4.79 Å². The second-order valence-corrected chi connectivity index (χ2v) is 4.48. The lowest BCUT2D eigenvalue weighted by Gasteiger charge is -2.28. The van der Waals surface area contributed by atoms with E-state index < -0.39 is 5.41 Å². The Balaban J connectivity index is 2.95. The third-order valence-corrected chi connectivity index (χ3v) is 3.65. The fourth-order valence-electron chi connectivity index (χ4n) is 2.13. The van der Waals surface area contributed by atoms with Crippen LogP contribution in [0.15, 0.2) is 24.3 Å². The number of ether oxygens (including phenoxy) is 1. The first kappa shape index (κ1) is 14.7. The minimum absolute atomic E-state index is 0.137. The predicted octanol–water partition coefficient (Wildman–Crippen LogP) is 3.03. The van der Waals surface area contributed by atoms with Gasteiger partial charge in [-0.25, -0.2) is 0 Å². The number of nitrogens with two attached hydrogens (primary N) is 1. The van der Waals surface area contributed by atoms with Crippen molar-refractivity contribution < 1.29 is 9.53 Å². The maximum Gasteiger partial charge on any atom is 0.170 e. The molecule has 0 heterocycles. The zero-order valence-corrected chi connectivity index (χ0v) is 11.5. The zero-order valence-electron chi connectivity index (χ0n) is 11.5. The van der Waals surface area contributed by atoms with Crippen molar-refractivity contribution in [3.05, 3.63) is 29.8 Å². The Morgan fingerprint density at radius 2 is 1.72 bits per heavy atom. The van der Waals surface area contributed by atoms with E-state index in [1.54, 1.807) is 0 Å². The van der Waals surface area contributed by atoms with Gasteiger partial charge in [0.1, 0.15) is 5.75 Å². The number of hydrogen-bond donors (Lipinski definition) is 1. The second kappa shape index (κ2) is 6.55. The number of carbonyl (C=O) groups is 1. The Bertz CT molecular complexity index is 372. The van der Waals surface area contributed by atoms with Gasteiger partial charge in [0.25, 0.3) is 0 Å². The van der Waals surface area contributed by atoms with Crippen LogP contribution in [0.5, 0.6) is 5.75 Å². The van der Waals surface area contributed by atoms with Crippen LogP contribution >= 0.6 is 0 Å². The Morgan fingerprint density at radius 1 is 1.17 bits per heavy atom. The van der Waals surface area contributed by atoms with Crippen molar-refractivity contribution in [3.8, 4) is 5.75 Å². The first-order valence-electron chi connectivity index (χ1n) is 6.61. The van der Waals surface area contributed by atoms with Gasteiger partial charge in [-0.15, -0.1) is 0 Å². The van der Waals surface area contributed by atoms with E-state index in [0.29, 0.717) is 18.7 Å². The molecule has 0 radical (unpaired) electrons. The highest BCUT2D eigenvalue weighted by Gasteiger charge is 2.33. The molecule has 3 heteroatoms. The Labute approximate surface area is 109 Å². The Hall–Kier alpha value is -1.35. The molecule has 0 saturated heterocycles. The van der Waals surface area contributed by atoms with Gasteiger partial charge in [0.05, 0.1) is 6.61 Å². The summed E-state index contributed by atoms with van der Waals surface area (Å²) in [5.74, 6) is 0.929. The van der Waals surface area contributed by atoms with Gasteiger partial charge in [0, 0.05) is 17.5 Å². The highest BCUT2D eigenvalue weighted by Crippen LogP contribution is 2.30. The number of hydrogen-bond acceptors (Lipinski definition) is 3. The second-order valence-electron chi connectivity index (χ2n) is 4.48. The van der Waals surface area contributed by atoms with Crippen molar-refractivity contribution >= 4 is 5.78 Å². The molecule has 0 fully saturated rings. The quantitative estimate of drug-likeness (QED) is 0.756. The highest BCUT2D eigenvalue weighted by molar-refractivity contribution is 6.00. The van der Waals surface area contributed by atoms with Gasteiger partial charge < -0.3 is 10.5 Å². The fourth-order valence-corrected chi connectivity index (χ4v) is 2.13. The van der Waals surface area contributed by atoms with E-state index in [2.05, 4.69) is 0 Å². The fraction of sp³-hybridized carbons (Fsp3) is 0.533. The van der Waals surface area contributed by atoms with Crippen LogP contribution in [0.1, 0.15) is 44.0 Å². The number of benzene rings is 1. The SMILES string of the molecule is CCOc1ccc(C(=O)C(CC)(CC)CN)cc1. The molecule has 1 aromatic carbocycles. The normalized spacial score (nSPS) is 11.3. The molecule has 0 spiro atoms. The van der Waals surface area contributed by atoms with E-state index in [0.717, 1.165) is 18.6 Å². The molecule has 0 bridgehead atoms. The zero-order chi connectivity index (χ0) is 13.6. The molecule has 0 aliphatic heterocycles. The summed E-state index contributed by atoms with van der Waals surface area (Å²) in [5.41, 5.74) is 6.09. The summed E-state index contributed by atoms with van der Waals surface area (Å²) >= 11 is 0. The van der Waals surface area contributed by atoms with E-state index >= 15 is 0 Å². The average Bonchev–Trinajstić information content (AvgIpc) is 2.42. The summed E-state index contributed by atoms with van der Waals surface area (Å²) in [4.78, 5) is 12.5. The average molecular weight is 249 g/mol. The molecular weight excluding hydrogens is 226 g/mol. The van der Waals surface area contributed by atoms with Crippen LogP contribution in [0, 0.1) is 5.41 Å². The lowest BCUT2D eigenvalue weighted by atomic mass is 9.76. The van der Waals surface area contributed by atoms with Crippen LogP contribution in [0.25, 0.3) is 0 Å².